The molecule has 1 amide bonds. The van der Waals surface area contributed by atoms with Crippen molar-refractivity contribution in [3.8, 4) is 0 Å². The van der Waals surface area contributed by atoms with Crippen molar-refractivity contribution < 1.29 is 9.32 Å². The Kier molecular flexibility index (Phi) is 2.55. The van der Waals surface area contributed by atoms with E-state index in [1.165, 1.54) is 6.20 Å². The Bertz CT molecular complexity index is 504. The molecule has 6 heteroatoms. The monoisotopic (exact) mass is 218 g/mol. The molecule has 2 aromatic heterocycles. The Morgan fingerprint density at radius 2 is 2.31 bits per heavy atom. The third-order valence-corrected chi connectivity index (χ3v) is 1.92. The van der Waals surface area contributed by atoms with Crippen LogP contribution in [0.3, 0.4) is 0 Å². The second kappa shape index (κ2) is 4.01. The van der Waals surface area contributed by atoms with Crippen molar-refractivity contribution >= 4 is 17.5 Å². The number of hydrogen-bond donors (Lipinski definition) is 2. The lowest BCUT2D eigenvalue weighted by Crippen LogP contribution is -2.12. The lowest BCUT2D eigenvalue weighted by atomic mass is 10.2. The number of nitrogens with zero attached hydrogens (tertiary/aromatic N) is 2. The lowest BCUT2D eigenvalue weighted by Gasteiger charge is -2.00. The summed E-state index contributed by atoms with van der Waals surface area (Å²) in [5.74, 6) is 1.07. The van der Waals surface area contributed by atoms with Crippen LogP contribution in [-0.2, 0) is 0 Å². The molecule has 0 aliphatic heterocycles. The van der Waals surface area contributed by atoms with E-state index >= 15 is 0 Å². The first-order chi connectivity index (χ1) is 7.65. The molecule has 0 aliphatic carbocycles. The number of aryl methyl sites for hydroxylation is 1. The maximum absolute atomic E-state index is 11.7. The van der Waals surface area contributed by atoms with Gasteiger partial charge in [0.1, 0.15) is 11.6 Å². The fourth-order valence-corrected chi connectivity index (χ4v) is 1.15. The topological polar surface area (TPSA) is 94.0 Å². The number of aromatic nitrogens is 2. The average Bonchev–Trinajstić information content (AvgIpc) is 2.65. The van der Waals surface area contributed by atoms with Crippen LogP contribution in [0, 0.1) is 6.92 Å². The zero-order valence-electron chi connectivity index (χ0n) is 8.60. The van der Waals surface area contributed by atoms with E-state index in [0.717, 1.165) is 0 Å². The smallest absolute Gasteiger partial charge is 0.258 e. The number of amides is 1. The highest BCUT2D eigenvalue weighted by Gasteiger charge is 2.08. The molecular weight excluding hydrogens is 208 g/mol. The minimum Gasteiger partial charge on any atom is -0.384 e. The van der Waals surface area contributed by atoms with Gasteiger partial charge in [-0.1, -0.05) is 5.16 Å². The molecule has 2 aromatic rings. The summed E-state index contributed by atoms with van der Waals surface area (Å²) in [5, 5.41) is 6.22. The van der Waals surface area contributed by atoms with Gasteiger partial charge in [0.25, 0.3) is 5.91 Å². The number of carbonyl (C=O) groups excluding carboxylic acids is 1. The van der Waals surface area contributed by atoms with Crippen LogP contribution in [-0.4, -0.2) is 16.0 Å². The van der Waals surface area contributed by atoms with E-state index in [1.54, 1.807) is 25.1 Å². The van der Waals surface area contributed by atoms with E-state index in [1.807, 2.05) is 0 Å². The average molecular weight is 218 g/mol. The van der Waals surface area contributed by atoms with E-state index in [9.17, 15) is 4.79 Å². The molecule has 2 rings (SSSR count). The zero-order chi connectivity index (χ0) is 11.5. The molecule has 0 unspecified atom stereocenters. The van der Waals surface area contributed by atoms with Crippen LogP contribution in [0.2, 0.25) is 0 Å². The van der Waals surface area contributed by atoms with E-state index < -0.39 is 0 Å². The molecule has 82 valence electrons. The first-order valence-corrected chi connectivity index (χ1v) is 4.61. The molecule has 0 spiro atoms. The van der Waals surface area contributed by atoms with Crippen molar-refractivity contribution in [3.63, 3.8) is 0 Å². The van der Waals surface area contributed by atoms with E-state index in [-0.39, 0.29) is 5.91 Å². The highest BCUT2D eigenvalue weighted by Crippen LogP contribution is 2.09. The molecule has 0 atom stereocenters. The van der Waals surface area contributed by atoms with Gasteiger partial charge >= 0.3 is 0 Å². The number of hydrogen-bond acceptors (Lipinski definition) is 5. The summed E-state index contributed by atoms with van der Waals surface area (Å²) in [6.45, 7) is 1.74. The Morgan fingerprint density at radius 1 is 1.50 bits per heavy atom. The Labute approximate surface area is 91.5 Å². The summed E-state index contributed by atoms with van der Waals surface area (Å²) in [6, 6.07) is 4.77. The van der Waals surface area contributed by atoms with Gasteiger partial charge in [-0.3, -0.25) is 4.79 Å². The van der Waals surface area contributed by atoms with Crippen LogP contribution in [0.25, 0.3) is 0 Å². The van der Waals surface area contributed by atoms with Crippen LogP contribution in [0.15, 0.2) is 28.9 Å². The van der Waals surface area contributed by atoms with Crippen molar-refractivity contribution in [3.05, 3.63) is 35.7 Å². The van der Waals surface area contributed by atoms with Crippen molar-refractivity contribution in [1.29, 1.82) is 0 Å². The van der Waals surface area contributed by atoms with Crippen molar-refractivity contribution in [2.45, 2.75) is 6.92 Å². The van der Waals surface area contributed by atoms with Gasteiger partial charge in [-0.2, -0.15) is 0 Å². The second-order valence-electron chi connectivity index (χ2n) is 3.25. The van der Waals surface area contributed by atoms with Crippen molar-refractivity contribution in [1.82, 2.24) is 10.1 Å². The van der Waals surface area contributed by atoms with Gasteiger partial charge in [0.05, 0.1) is 5.56 Å². The number of carbonyl (C=O) groups is 1. The number of rotatable bonds is 2. The standard InChI is InChI=1S/C10H10N4O2/c1-6-4-9(14-16-6)13-10(15)7-2-3-8(11)12-5-7/h2-5H,1H3,(H2,11,12)(H,13,14,15). The quantitative estimate of drug-likeness (QED) is 0.790. The molecule has 0 bridgehead atoms. The number of anilines is 2. The maximum Gasteiger partial charge on any atom is 0.258 e. The van der Waals surface area contributed by atoms with Crippen LogP contribution in [0.4, 0.5) is 11.6 Å². The molecule has 3 N–H and O–H groups in total. The van der Waals surface area contributed by atoms with Gasteiger partial charge in [-0.15, -0.1) is 0 Å². The van der Waals surface area contributed by atoms with E-state index in [4.69, 9.17) is 10.3 Å². The Balaban J connectivity index is 2.11. The molecule has 0 saturated carbocycles. The van der Waals surface area contributed by atoms with Crippen LogP contribution < -0.4 is 11.1 Å². The minimum atomic E-state index is -0.305. The first kappa shape index (κ1) is 10.2. The molecular formula is C10H10N4O2. The Morgan fingerprint density at radius 3 is 2.88 bits per heavy atom. The number of nitrogens with two attached hydrogens (primary N) is 1. The fraction of sp³-hybridized carbons (Fsp3) is 0.100. The predicted octanol–water partition coefficient (Wildman–Crippen LogP) is 1.21. The van der Waals surface area contributed by atoms with Gasteiger partial charge in [-0.25, -0.2) is 4.98 Å². The highest BCUT2D eigenvalue weighted by molar-refractivity contribution is 6.03. The fourth-order valence-electron chi connectivity index (χ4n) is 1.15. The van der Waals surface area contributed by atoms with Crippen LogP contribution >= 0.6 is 0 Å². The normalized spacial score (nSPS) is 10.1. The first-order valence-electron chi connectivity index (χ1n) is 4.61. The molecule has 0 fully saturated rings. The van der Waals surface area contributed by atoms with Gasteiger partial charge in [0, 0.05) is 12.3 Å². The molecule has 6 nitrogen and oxygen atoms in total. The SMILES string of the molecule is Cc1cc(NC(=O)c2ccc(N)nc2)no1. The molecule has 0 aliphatic rings. The number of pyridine rings is 1. The number of nitrogen functional groups attached to an aromatic ring is 1. The third-order valence-electron chi connectivity index (χ3n) is 1.92. The summed E-state index contributed by atoms with van der Waals surface area (Å²) in [4.78, 5) is 15.5. The molecule has 0 aromatic carbocycles. The summed E-state index contributed by atoms with van der Waals surface area (Å²) in [5.41, 5.74) is 5.82. The molecule has 0 radical (unpaired) electrons. The summed E-state index contributed by atoms with van der Waals surface area (Å²) in [6.07, 6.45) is 1.40. The summed E-state index contributed by atoms with van der Waals surface area (Å²) < 4.78 is 4.82. The summed E-state index contributed by atoms with van der Waals surface area (Å²) >= 11 is 0. The predicted molar refractivity (Wildman–Crippen MR) is 57.8 cm³/mol. The maximum atomic E-state index is 11.7. The van der Waals surface area contributed by atoms with Gasteiger partial charge in [-0.05, 0) is 19.1 Å². The zero-order valence-corrected chi connectivity index (χ0v) is 8.60. The second-order valence-corrected chi connectivity index (χ2v) is 3.25. The molecule has 16 heavy (non-hydrogen) atoms. The van der Waals surface area contributed by atoms with Gasteiger partial charge < -0.3 is 15.6 Å². The van der Waals surface area contributed by atoms with Crippen LogP contribution in [0.5, 0.6) is 0 Å². The highest BCUT2D eigenvalue weighted by atomic mass is 16.5. The third kappa shape index (κ3) is 2.17. The largest absolute Gasteiger partial charge is 0.384 e. The summed E-state index contributed by atoms with van der Waals surface area (Å²) in [7, 11) is 0. The van der Waals surface area contributed by atoms with E-state index in [2.05, 4.69) is 15.5 Å². The van der Waals surface area contributed by atoms with Crippen LogP contribution in [0.1, 0.15) is 16.1 Å². The van der Waals surface area contributed by atoms with Crippen molar-refractivity contribution in [2.24, 2.45) is 0 Å². The van der Waals surface area contributed by atoms with Gasteiger partial charge in [0.15, 0.2) is 5.82 Å². The lowest BCUT2D eigenvalue weighted by molar-refractivity contribution is 0.102. The van der Waals surface area contributed by atoms with E-state index in [0.29, 0.717) is 23.0 Å². The molecule has 2 heterocycles. The Hall–Kier alpha value is -2.37. The minimum absolute atomic E-state index is 0.305. The van der Waals surface area contributed by atoms with Crippen molar-refractivity contribution in [2.75, 3.05) is 11.1 Å². The number of nitrogens with one attached hydrogen (secondary N) is 1. The van der Waals surface area contributed by atoms with Gasteiger partial charge in [0.2, 0.25) is 0 Å². The molecule has 0 saturated heterocycles.